The quantitative estimate of drug-likeness (QED) is 0.625. The van der Waals surface area contributed by atoms with Gasteiger partial charge in [-0.3, -0.25) is 14.2 Å². The number of hydrogen-bond donors (Lipinski definition) is 2. The van der Waals surface area contributed by atoms with E-state index in [9.17, 15) is 14.4 Å². The van der Waals surface area contributed by atoms with Crippen LogP contribution in [0.1, 0.15) is 32.1 Å². The lowest BCUT2D eigenvalue weighted by atomic mass is 9.97. The SMILES string of the molecule is NC(=O)C1CCCN(CCCNC(=O)CCCn2c(=O)oc3ccccc32)C1. The number of aromatic nitrogens is 1. The molecule has 0 saturated carbocycles. The van der Waals surface area contributed by atoms with Gasteiger partial charge in [-0.15, -0.1) is 0 Å². The highest BCUT2D eigenvalue weighted by Crippen LogP contribution is 2.16. The fourth-order valence-corrected chi connectivity index (χ4v) is 3.73. The molecule has 2 heterocycles. The van der Waals surface area contributed by atoms with Gasteiger partial charge < -0.3 is 20.4 Å². The van der Waals surface area contributed by atoms with E-state index < -0.39 is 5.76 Å². The fraction of sp³-hybridized carbons (Fsp3) is 0.550. The van der Waals surface area contributed by atoms with Crippen molar-refractivity contribution in [3.63, 3.8) is 0 Å². The molecule has 3 rings (SSSR count). The van der Waals surface area contributed by atoms with Crippen LogP contribution in [0.15, 0.2) is 33.5 Å². The molecule has 1 aromatic carbocycles. The molecule has 8 heteroatoms. The van der Waals surface area contributed by atoms with Crippen LogP contribution >= 0.6 is 0 Å². The van der Waals surface area contributed by atoms with Gasteiger partial charge in [0, 0.05) is 26.1 Å². The summed E-state index contributed by atoms with van der Waals surface area (Å²) >= 11 is 0. The van der Waals surface area contributed by atoms with Crippen molar-refractivity contribution < 1.29 is 14.0 Å². The average Bonchev–Trinajstić information content (AvgIpc) is 3.01. The molecular formula is C20H28N4O4. The number of nitrogens with one attached hydrogen (secondary N) is 1. The van der Waals surface area contributed by atoms with E-state index in [0.717, 1.165) is 44.4 Å². The number of piperidine rings is 1. The highest BCUT2D eigenvalue weighted by atomic mass is 16.4. The van der Waals surface area contributed by atoms with Gasteiger partial charge in [0.15, 0.2) is 5.58 Å². The molecule has 0 aliphatic carbocycles. The van der Waals surface area contributed by atoms with Gasteiger partial charge in [0.05, 0.1) is 11.4 Å². The standard InChI is InChI=1S/C20H28N4O4/c21-19(26)15-6-3-11-23(14-15)12-5-10-22-18(25)9-4-13-24-16-7-1-2-8-17(16)28-20(24)27/h1-2,7-8,15H,3-6,9-14H2,(H2,21,26)(H,22,25). The summed E-state index contributed by atoms with van der Waals surface area (Å²) in [5.41, 5.74) is 6.71. The number of likely N-dealkylation sites (tertiary alicyclic amines) is 1. The number of hydrogen-bond acceptors (Lipinski definition) is 5. The first-order valence-corrected chi connectivity index (χ1v) is 9.91. The van der Waals surface area contributed by atoms with E-state index in [0.29, 0.717) is 31.5 Å². The third kappa shape index (κ3) is 5.22. The Bertz CT molecular complexity index is 872. The van der Waals surface area contributed by atoms with Crippen molar-refractivity contribution in [2.45, 2.75) is 38.6 Å². The first kappa shape index (κ1) is 20.1. The molecule has 3 N–H and O–H groups in total. The Morgan fingerprint density at radius 2 is 2.04 bits per heavy atom. The van der Waals surface area contributed by atoms with Crippen LogP contribution in [0.25, 0.3) is 11.1 Å². The van der Waals surface area contributed by atoms with E-state index in [4.69, 9.17) is 10.2 Å². The molecule has 1 aliphatic heterocycles. The largest absolute Gasteiger partial charge is 0.419 e. The molecule has 0 spiro atoms. The maximum Gasteiger partial charge on any atom is 0.419 e. The number of aryl methyl sites for hydroxylation is 1. The van der Waals surface area contributed by atoms with Crippen LogP contribution < -0.4 is 16.8 Å². The van der Waals surface area contributed by atoms with Gasteiger partial charge in [0.1, 0.15) is 0 Å². The predicted molar refractivity (Wildman–Crippen MR) is 106 cm³/mol. The van der Waals surface area contributed by atoms with E-state index >= 15 is 0 Å². The molecule has 1 atom stereocenters. The molecule has 0 radical (unpaired) electrons. The minimum Gasteiger partial charge on any atom is -0.408 e. The highest BCUT2D eigenvalue weighted by molar-refractivity contribution is 5.77. The van der Waals surface area contributed by atoms with Crippen molar-refractivity contribution in [1.82, 2.24) is 14.8 Å². The molecular weight excluding hydrogens is 360 g/mol. The van der Waals surface area contributed by atoms with E-state index in [2.05, 4.69) is 10.2 Å². The minimum atomic E-state index is -0.391. The Balaban J connectivity index is 1.33. The lowest BCUT2D eigenvalue weighted by Crippen LogP contribution is -2.42. The molecule has 2 amide bonds. The summed E-state index contributed by atoms with van der Waals surface area (Å²) in [6.07, 6.45) is 3.63. The van der Waals surface area contributed by atoms with Crippen molar-refractivity contribution in [1.29, 1.82) is 0 Å². The summed E-state index contributed by atoms with van der Waals surface area (Å²) in [6.45, 7) is 3.60. The zero-order valence-electron chi connectivity index (χ0n) is 16.1. The van der Waals surface area contributed by atoms with Crippen LogP contribution in [-0.4, -0.2) is 47.5 Å². The number of benzene rings is 1. The normalized spacial score (nSPS) is 17.6. The second kappa shape index (κ2) is 9.54. The maximum absolute atomic E-state index is 12.0. The molecule has 152 valence electrons. The Morgan fingerprint density at radius 1 is 1.21 bits per heavy atom. The Kier molecular flexibility index (Phi) is 6.86. The number of nitrogens with two attached hydrogens (primary N) is 1. The maximum atomic E-state index is 12.0. The van der Waals surface area contributed by atoms with Crippen molar-refractivity contribution in [3.8, 4) is 0 Å². The first-order chi connectivity index (χ1) is 13.5. The Labute approximate surface area is 163 Å². The number of oxazole rings is 1. The molecule has 0 bridgehead atoms. The number of carbonyl (C=O) groups excluding carboxylic acids is 2. The summed E-state index contributed by atoms with van der Waals surface area (Å²) in [5.74, 6) is -0.680. The monoisotopic (exact) mass is 388 g/mol. The smallest absolute Gasteiger partial charge is 0.408 e. The summed E-state index contributed by atoms with van der Waals surface area (Å²) in [4.78, 5) is 37.5. The van der Waals surface area contributed by atoms with Gasteiger partial charge in [-0.2, -0.15) is 0 Å². The first-order valence-electron chi connectivity index (χ1n) is 9.91. The van der Waals surface area contributed by atoms with E-state index in [1.807, 2.05) is 18.2 Å². The van der Waals surface area contributed by atoms with Crippen molar-refractivity contribution in [2.24, 2.45) is 11.7 Å². The number of carbonyl (C=O) groups is 2. The zero-order chi connectivity index (χ0) is 19.9. The summed E-state index contributed by atoms with van der Waals surface area (Å²) < 4.78 is 6.75. The van der Waals surface area contributed by atoms with Crippen LogP contribution in [-0.2, 0) is 16.1 Å². The third-order valence-electron chi connectivity index (χ3n) is 5.24. The van der Waals surface area contributed by atoms with Gasteiger partial charge >= 0.3 is 5.76 Å². The summed E-state index contributed by atoms with van der Waals surface area (Å²) in [7, 11) is 0. The van der Waals surface area contributed by atoms with Crippen LogP contribution in [0, 0.1) is 5.92 Å². The van der Waals surface area contributed by atoms with Crippen LogP contribution in [0.5, 0.6) is 0 Å². The molecule has 1 aliphatic rings. The van der Waals surface area contributed by atoms with Gasteiger partial charge in [0.25, 0.3) is 0 Å². The number of amides is 2. The van der Waals surface area contributed by atoms with Crippen molar-refractivity contribution in [3.05, 3.63) is 34.8 Å². The highest BCUT2D eigenvalue weighted by Gasteiger charge is 2.23. The lowest BCUT2D eigenvalue weighted by molar-refractivity contribution is -0.123. The molecule has 1 unspecified atom stereocenters. The van der Waals surface area contributed by atoms with E-state index in [1.54, 1.807) is 10.6 Å². The number of primary amides is 1. The van der Waals surface area contributed by atoms with Crippen molar-refractivity contribution >= 4 is 22.9 Å². The van der Waals surface area contributed by atoms with Crippen molar-refractivity contribution in [2.75, 3.05) is 26.2 Å². The zero-order valence-corrected chi connectivity index (χ0v) is 16.1. The third-order valence-corrected chi connectivity index (χ3v) is 5.24. The summed E-state index contributed by atoms with van der Waals surface area (Å²) in [5, 5.41) is 2.92. The van der Waals surface area contributed by atoms with E-state index in [1.165, 1.54) is 0 Å². The van der Waals surface area contributed by atoms with E-state index in [-0.39, 0.29) is 17.7 Å². The molecule has 1 fully saturated rings. The van der Waals surface area contributed by atoms with Crippen LogP contribution in [0.3, 0.4) is 0 Å². The number of nitrogens with zero attached hydrogens (tertiary/aromatic N) is 2. The van der Waals surface area contributed by atoms with Gasteiger partial charge in [0.2, 0.25) is 11.8 Å². The number of fused-ring (bicyclic) bond motifs is 1. The second-order valence-corrected chi connectivity index (χ2v) is 7.34. The molecule has 28 heavy (non-hydrogen) atoms. The topological polar surface area (TPSA) is 111 Å². The van der Waals surface area contributed by atoms with Crippen LogP contribution in [0.2, 0.25) is 0 Å². The molecule has 8 nitrogen and oxygen atoms in total. The number of para-hydroxylation sites is 2. The average molecular weight is 388 g/mol. The molecule has 2 aromatic rings. The Morgan fingerprint density at radius 3 is 2.86 bits per heavy atom. The van der Waals surface area contributed by atoms with Gasteiger partial charge in [-0.05, 0) is 50.9 Å². The van der Waals surface area contributed by atoms with Gasteiger partial charge in [-0.1, -0.05) is 12.1 Å². The minimum absolute atomic E-state index is 0.0190. The predicted octanol–water partition coefficient (Wildman–Crippen LogP) is 1.08. The second-order valence-electron chi connectivity index (χ2n) is 7.34. The summed E-state index contributed by atoms with van der Waals surface area (Å²) in [6, 6.07) is 7.27. The molecule has 1 saturated heterocycles. The number of rotatable bonds is 9. The Hall–Kier alpha value is -2.61. The molecule has 1 aromatic heterocycles. The fourth-order valence-electron chi connectivity index (χ4n) is 3.73. The lowest BCUT2D eigenvalue weighted by Gasteiger charge is -2.31. The van der Waals surface area contributed by atoms with Gasteiger partial charge in [-0.25, -0.2) is 4.79 Å². The van der Waals surface area contributed by atoms with Crippen LogP contribution in [0.4, 0.5) is 0 Å².